The molecule has 16 heavy (non-hydrogen) atoms. The van der Waals surface area contributed by atoms with E-state index in [4.69, 9.17) is 5.73 Å². The fourth-order valence-electron chi connectivity index (χ4n) is 2.08. The van der Waals surface area contributed by atoms with Crippen molar-refractivity contribution in [1.29, 1.82) is 0 Å². The predicted octanol–water partition coefficient (Wildman–Crippen LogP) is 1.67. The smallest absolute Gasteiger partial charge is 0.330 e. The van der Waals surface area contributed by atoms with Crippen LogP contribution >= 0.6 is 0 Å². The third-order valence-corrected chi connectivity index (χ3v) is 2.95. The van der Waals surface area contributed by atoms with Gasteiger partial charge in [0.05, 0.1) is 0 Å². The van der Waals surface area contributed by atoms with Crippen LogP contribution < -0.4 is 5.73 Å². The molecule has 94 valence electrons. The number of hydrogen-bond acceptors (Lipinski definition) is 2. The molecule has 0 spiro atoms. The number of alkyl halides is 3. The standard InChI is InChI=1S/C10H17F3N2O/c1-2-3-4-8-7(14)5-6-15(8)9(16)10(11,12)13/h7-8H,2-6,14H2,1H3. The second-order valence-electron chi connectivity index (χ2n) is 4.16. The second-order valence-corrected chi connectivity index (χ2v) is 4.16. The average molecular weight is 238 g/mol. The van der Waals surface area contributed by atoms with Crippen molar-refractivity contribution in [2.75, 3.05) is 6.54 Å². The molecule has 2 unspecified atom stereocenters. The molecule has 1 saturated heterocycles. The lowest BCUT2D eigenvalue weighted by Crippen LogP contribution is -2.47. The Morgan fingerprint density at radius 1 is 1.50 bits per heavy atom. The molecule has 1 aliphatic heterocycles. The minimum Gasteiger partial charge on any atom is -0.330 e. The molecule has 1 rings (SSSR count). The molecular formula is C10H17F3N2O. The summed E-state index contributed by atoms with van der Waals surface area (Å²) < 4.78 is 36.9. The third kappa shape index (κ3) is 2.87. The monoisotopic (exact) mass is 238 g/mol. The number of carbonyl (C=O) groups is 1. The Bertz CT molecular complexity index is 255. The van der Waals surface area contributed by atoms with Gasteiger partial charge in [-0.25, -0.2) is 0 Å². The van der Waals surface area contributed by atoms with E-state index in [2.05, 4.69) is 0 Å². The maximum absolute atomic E-state index is 12.3. The van der Waals surface area contributed by atoms with Gasteiger partial charge in [-0.3, -0.25) is 4.79 Å². The molecule has 6 heteroatoms. The molecule has 0 aliphatic carbocycles. The number of hydrogen-bond donors (Lipinski definition) is 1. The maximum atomic E-state index is 12.3. The number of amides is 1. The SMILES string of the molecule is CCCCC1C(N)CCN1C(=O)C(F)(F)F. The minimum absolute atomic E-state index is 0.119. The van der Waals surface area contributed by atoms with Gasteiger partial charge in [0.25, 0.3) is 0 Å². The van der Waals surface area contributed by atoms with Crippen LogP contribution in [0.25, 0.3) is 0 Å². The van der Waals surface area contributed by atoms with Crippen molar-refractivity contribution in [2.24, 2.45) is 5.73 Å². The van der Waals surface area contributed by atoms with Crippen LogP contribution in [-0.2, 0) is 4.79 Å². The van der Waals surface area contributed by atoms with Crippen molar-refractivity contribution in [3.8, 4) is 0 Å². The fourth-order valence-corrected chi connectivity index (χ4v) is 2.08. The van der Waals surface area contributed by atoms with Gasteiger partial charge in [0.2, 0.25) is 0 Å². The third-order valence-electron chi connectivity index (χ3n) is 2.95. The summed E-state index contributed by atoms with van der Waals surface area (Å²) in [5, 5.41) is 0. The molecule has 0 aromatic rings. The zero-order valence-corrected chi connectivity index (χ0v) is 9.26. The first-order valence-corrected chi connectivity index (χ1v) is 5.51. The number of rotatable bonds is 3. The summed E-state index contributed by atoms with van der Waals surface area (Å²) in [6.07, 6.45) is -2.10. The van der Waals surface area contributed by atoms with Crippen LogP contribution in [0, 0.1) is 0 Å². The van der Waals surface area contributed by atoms with Gasteiger partial charge in [-0.15, -0.1) is 0 Å². The highest BCUT2D eigenvalue weighted by atomic mass is 19.4. The second kappa shape index (κ2) is 5.03. The summed E-state index contributed by atoms with van der Waals surface area (Å²) in [4.78, 5) is 12.0. The van der Waals surface area contributed by atoms with E-state index in [0.717, 1.165) is 17.7 Å². The van der Waals surface area contributed by atoms with Crippen LogP contribution in [0.5, 0.6) is 0 Å². The molecule has 1 heterocycles. The molecule has 1 fully saturated rings. The first-order valence-electron chi connectivity index (χ1n) is 5.51. The van der Waals surface area contributed by atoms with Crippen LogP contribution in [0.1, 0.15) is 32.6 Å². The minimum atomic E-state index is -4.78. The zero-order valence-electron chi connectivity index (χ0n) is 9.26. The molecule has 2 N–H and O–H groups in total. The Morgan fingerprint density at radius 2 is 2.12 bits per heavy atom. The van der Waals surface area contributed by atoms with Crippen molar-refractivity contribution >= 4 is 5.91 Å². The van der Waals surface area contributed by atoms with Gasteiger partial charge in [0.1, 0.15) is 0 Å². The first kappa shape index (κ1) is 13.3. The van der Waals surface area contributed by atoms with Crippen molar-refractivity contribution < 1.29 is 18.0 Å². The van der Waals surface area contributed by atoms with Crippen LogP contribution in [0.2, 0.25) is 0 Å². The van der Waals surface area contributed by atoms with Crippen molar-refractivity contribution in [3.05, 3.63) is 0 Å². The fraction of sp³-hybridized carbons (Fsp3) is 0.900. The van der Waals surface area contributed by atoms with E-state index in [1.54, 1.807) is 0 Å². The molecule has 0 radical (unpaired) electrons. The average Bonchev–Trinajstić information content (AvgIpc) is 2.54. The van der Waals surface area contributed by atoms with Crippen LogP contribution in [0.15, 0.2) is 0 Å². The first-order chi connectivity index (χ1) is 7.38. The number of carbonyl (C=O) groups excluding carboxylic acids is 1. The number of halogens is 3. The number of nitrogens with two attached hydrogens (primary N) is 1. The van der Waals surface area contributed by atoms with E-state index in [-0.39, 0.29) is 12.6 Å². The lowest BCUT2D eigenvalue weighted by atomic mass is 10.0. The summed E-state index contributed by atoms with van der Waals surface area (Å²) in [5.74, 6) is -1.75. The van der Waals surface area contributed by atoms with Gasteiger partial charge in [0.15, 0.2) is 0 Å². The topological polar surface area (TPSA) is 46.3 Å². The number of likely N-dealkylation sites (tertiary alicyclic amines) is 1. The largest absolute Gasteiger partial charge is 0.471 e. The Morgan fingerprint density at radius 3 is 2.62 bits per heavy atom. The molecular weight excluding hydrogens is 221 g/mol. The van der Waals surface area contributed by atoms with Gasteiger partial charge < -0.3 is 10.6 Å². The molecule has 0 bridgehead atoms. The van der Waals surface area contributed by atoms with Crippen molar-refractivity contribution in [3.63, 3.8) is 0 Å². The lowest BCUT2D eigenvalue weighted by molar-refractivity contribution is -0.186. The van der Waals surface area contributed by atoms with E-state index in [1.165, 1.54) is 0 Å². The quantitative estimate of drug-likeness (QED) is 0.813. The summed E-state index contributed by atoms with van der Waals surface area (Å²) in [6, 6.07) is -0.771. The molecule has 0 saturated carbocycles. The maximum Gasteiger partial charge on any atom is 0.471 e. The van der Waals surface area contributed by atoms with Crippen molar-refractivity contribution in [2.45, 2.75) is 50.9 Å². The Labute approximate surface area is 92.8 Å². The zero-order chi connectivity index (χ0) is 12.3. The highest BCUT2D eigenvalue weighted by Crippen LogP contribution is 2.27. The summed E-state index contributed by atoms with van der Waals surface area (Å²) >= 11 is 0. The van der Waals surface area contributed by atoms with Crippen LogP contribution in [0.4, 0.5) is 13.2 Å². The Hall–Kier alpha value is -0.780. The van der Waals surface area contributed by atoms with Crippen LogP contribution in [0.3, 0.4) is 0 Å². The predicted molar refractivity (Wildman–Crippen MR) is 53.7 cm³/mol. The van der Waals surface area contributed by atoms with Crippen molar-refractivity contribution in [1.82, 2.24) is 4.90 Å². The van der Waals surface area contributed by atoms with Gasteiger partial charge in [-0.05, 0) is 12.8 Å². The van der Waals surface area contributed by atoms with E-state index in [0.29, 0.717) is 12.8 Å². The summed E-state index contributed by atoms with van der Waals surface area (Å²) in [7, 11) is 0. The van der Waals surface area contributed by atoms with E-state index >= 15 is 0 Å². The Kier molecular flexibility index (Phi) is 4.18. The molecule has 1 amide bonds. The Balaban J connectivity index is 2.68. The lowest BCUT2D eigenvalue weighted by Gasteiger charge is -2.27. The van der Waals surface area contributed by atoms with E-state index < -0.39 is 18.1 Å². The summed E-state index contributed by atoms with van der Waals surface area (Å²) in [6.45, 7) is 2.07. The van der Waals surface area contributed by atoms with Gasteiger partial charge in [-0.2, -0.15) is 13.2 Å². The molecule has 2 atom stereocenters. The molecule has 0 aromatic carbocycles. The van der Waals surface area contributed by atoms with Gasteiger partial charge >= 0.3 is 12.1 Å². The highest BCUT2D eigenvalue weighted by Gasteiger charge is 2.47. The number of nitrogens with zero attached hydrogens (tertiary/aromatic N) is 1. The van der Waals surface area contributed by atoms with Gasteiger partial charge in [-0.1, -0.05) is 19.8 Å². The summed E-state index contributed by atoms with van der Waals surface area (Å²) in [5.41, 5.74) is 5.73. The molecule has 1 aliphatic rings. The van der Waals surface area contributed by atoms with E-state index in [1.807, 2.05) is 6.92 Å². The molecule has 0 aromatic heterocycles. The molecule has 3 nitrogen and oxygen atoms in total. The van der Waals surface area contributed by atoms with E-state index in [9.17, 15) is 18.0 Å². The van der Waals surface area contributed by atoms with Gasteiger partial charge in [0, 0.05) is 18.6 Å². The number of unbranched alkanes of at least 4 members (excludes halogenated alkanes) is 1. The highest BCUT2D eigenvalue weighted by molar-refractivity contribution is 5.82. The van der Waals surface area contributed by atoms with Crippen LogP contribution in [-0.4, -0.2) is 35.6 Å². The normalized spacial score (nSPS) is 26.2.